The molecule has 1 atom stereocenters. The van der Waals surface area contributed by atoms with Gasteiger partial charge in [0.2, 0.25) is 0 Å². The predicted molar refractivity (Wildman–Crippen MR) is 317 cm³/mol. The van der Waals surface area contributed by atoms with Crippen LogP contribution in [0.25, 0.3) is 66.6 Å². The van der Waals surface area contributed by atoms with Crippen molar-refractivity contribution in [1.82, 2.24) is 14.5 Å². The third kappa shape index (κ3) is 7.82. The fourth-order valence-electron chi connectivity index (χ4n) is 11.6. The van der Waals surface area contributed by atoms with E-state index in [1.54, 1.807) is 0 Å². The molecule has 10 aromatic carbocycles. The minimum atomic E-state index is 0.205. The number of aromatic nitrogens is 3. The minimum absolute atomic E-state index is 0.205. The van der Waals surface area contributed by atoms with Gasteiger partial charge >= 0.3 is 0 Å². The lowest BCUT2D eigenvalue weighted by molar-refractivity contribution is 0.820. The molecule has 3 heterocycles. The van der Waals surface area contributed by atoms with E-state index in [0.29, 0.717) is 0 Å². The highest BCUT2D eigenvalue weighted by Gasteiger charge is 2.37. The summed E-state index contributed by atoms with van der Waals surface area (Å²) in [6, 6.07) is 89.4. The van der Waals surface area contributed by atoms with Gasteiger partial charge in [-0.3, -0.25) is 0 Å². The lowest BCUT2D eigenvalue weighted by Gasteiger charge is -2.33. The number of nitrogens with zero attached hydrogens (tertiary/aromatic N) is 6. The Hall–Kier alpha value is -9.78. The molecule has 1 aliphatic heterocycles. The first-order valence-corrected chi connectivity index (χ1v) is 26.2. The second kappa shape index (κ2) is 18.6. The fourth-order valence-corrected chi connectivity index (χ4v) is 11.6. The van der Waals surface area contributed by atoms with Crippen LogP contribution >= 0.6 is 0 Å². The monoisotopic (exact) mass is 976 g/mol. The summed E-state index contributed by atoms with van der Waals surface area (Å²) in [6.07, 6.45) is 5.69. The van der Waals surface area contributed by atoms with Gasteiger partial charge in [0, 0.05) is 78.7 Å². The van der Waals surface area contributed by atoms with E-state index < -0.39 is 0 Å². The van der Waals surface area contributed by atoms with Gasteiger partial charge in [0.15, 0.2) is 0 Å². The minimum Gasteiger partial charge on any atom is -0.333 e. The Labute approximate surface area is 443 Å². The first kappa shape index (κ1) is 44.9. The van der Waals surface area contributed by atoms with E-state index in [-0.39, 0.29) is 6.04 Å². The molecule has 2 aliphatic rings. The third-order valence-corrected chi connectivity index (χ3v) is 15.1. The Morgan fingerprint density at radius 2 is 0.895 bits per heavy atom. The maximum Gasteiger partial charge on any atom is 0.0973 e. The molecule has 362 valence electrons. The lowest BCUT2D eigenvalue weighted by atomic mass is 9.93. The molecular formula is C70H52N6. The zero-order chi connectivity index (χ0) is 50.7. The Morgan fingerprint density at radius 3 is 1.51 bits per heavy atom. The Balaban J connectivity index is 0.837. The van der Waals surface area contributed by atoms with Crippen LogP contribution in [-0.4, -0.2) is 20.6 Å². The molecule has 0 radical (unpaired) electrons. The van der Waals surface area contributed by atoms with Gasteiger partial charge in [0.05, 0.1) is 39.5 Å². The zero-order valence-corrected chi connectivity index (χ0v) is 42.3. The largest absolute Gasteiger partial charge is 0.333 e. The number of fused-ring (bicyclic) bond motifs is 7. The molecule has 1 unspecified atom stereocenters. The molecule has 14 rings (SSSR count). The standard InChI is InChI=1S/C70H52N6/c1-47-27-39-65-59(43-47)61-45-57(37-41-67(61)75(65)53-21-11-5-12-22-53)73(51-17-7-3-8-18-51)55-33-29-49(30-34-55)69-70(72-64-26-16-15-25-63(64)71-69)50-31-35-56(36-32-50)74(52-19-9-4-10-20-52)58-38-42-68-62(46-58)60-44-48(2)28-40-66(60)76(68)54-23-13-6-14-24-54/h3-41,43-46,68H,42H2,1-2H3. The highest BCUT2D eigenvalue weighted by molar-refractivity contribution is 6.11. The molecule has 0 N–H and O–H groups in total. The van der Waals surface area contributed by atoms with Crippen LogP contribution in [0.15, 0.2) is 267 Å². The van der Waals surface area contributed by atoms with Crippen LogP contribution in [0, 0.1) is 13.8 Å². The van der Waals surface area contributed by atoms with Crippen molar-refractivity contribution in [1.29, 1.82) is 0 Å². The average Bonchev–Trinajstić information content (AvgIpc) is 4.06. The molecule has 6 nitrogen and oxygen atoms in total. The zero-order valence-electron chi connectivity index (χ0n) is 42.3. The van der Waals surface area contributed by atoms with Crippen LogP contribution in [0.2, 0.25) is 0 Å². The number of aryl methyl sites for hydroxylation is 2. The molecule has 0 amide bonds. The highest BCUT2D eigenvalue weighted by Crippen LogP contribution is 2.50. The molecule has 1 aliphatic carbocycles. The summed E-state index contributed by atoms with van der Waals surface area (Å²) in [7, 11) is 0. The summed E-state index contributed by atoms with van der Waals surface area (Å²) >= 11 is 0. The van der Waals surface area contributed by atoms with Crippen molar-refractivity contribution in [2.24, 2.45) is 0 Å². The maximum atomic E-state index is 5.36. The first-order valence-electron chi connectivity index (χ1n) is 26.2. The van der Waals surface area contributed by atoms with Crippen molar-refractivity contribution in [2.45, 2.75) is 26.3 Å². The summed E-state index contributed by atoms with van der Waals surface area (Å²) in [4.78, 5) is 18.0. The quantitative estimate of drug-likeness (QED) is 0.137. The van der Waals surface area contributed by atoms with Crippen molar-refractivity contribution in [3.05, 3.63) is 283 Å². The van der Waals surface area contributed by atoms with E-state index in [1.165, 1.54) is 55.4 Å². The van der Waals surface area contributed by atoms with E-state index in [0.717, 1.165) is 79.8 Å². The van der Waals surface area contributed by atoms with Crippen LogP contribution in [0.3, 0.4) is 0 Å². The summed E-state index contributed by atoms with van der Waals surface area (Å²) in [5.41, 5.74) is 23.0. The van der Waals surface area contributed by atoms with Gasteiger partial charge in [-0.25, -0.2) is 9.97 Å². The second-order valence-corrected chi connectivity index (χ2v) is 19.9. The van der Waals surface area contributed by atoms with Gasteiger partial charge in [0.1, 0.15) is 0 Å². The Morgan fingerprint density at radius 1 is 0.421 bits per heavy atom. The first-order chi connectivity index (χ1) is 37.5. The van der Waals surface area contributed by atoms with E-state index in [1.807, 2.05) is 12.1 Å². The fraction of sp³-hybridized carbons (Fsp3) is 0.0571. The van der Waals surface area contributed by atoms with Gasteiger partial charge in [-0.1, -0.05) is 139 Å². The molecule has 0 fully saturated rings. The number of anilines is 7. The van der Waals surface area contributed by atoms with Crippen LogP contribution < -0.4 is 14.7 Å². The van der Waals surface area contributed by atoms with Crippen LogP contribution in [-0.2, 0) is 0 Å². The topological polar surface area (TPSA) is 40.4 Å². The van der Waals surface area contributed by atoms with Gasteiger partial charge in [-0.05, 0) is 159 Å². The lowest BCUT2D eigenvalue weighted by Crippen LogP contribution is -2.29. The van der Waals surface area contributed by atoms with E-state index in [4.69, 9.17) is 9.97 Å². The molecule has 6 heteroatoms. The predicted octanol–water partition coefficient (Wildman–Crippen LogP) is 18.2. The number of hydrogen-bond acceptors (Lipinski definition) is 5. The molecular weight excluding hydrogens is 925 g/mol. The number of hydrogen-bond donors (Lipinski definition) is 0. The molecule has 0 bridgehead atoms. The van der Waals surface area contributed by atoms with E-state index in [2.05, 4.69) is 282 Å². The number of allylic oxidation sites excluding steroid dienone is 1. The van der Waals surface area contributed by atoms with Crippen molar-refractivity contribution >= 4 is 78.2 Å². The summed E-state index contributed by atoms with van der Waals surface area (Å²) in [5.74, 6) is 0. The van der Waals surface area contributed by atoms with Gasteiger partial charge in [-0.15, -0.1) is 0 Å². The van der Waals surface area contributed by atoms with E-state index in [9.17, 15) is 0 Å². The number of para-hydroxylation sites is 6. The number of benzene rings is 10. The SMILES string of the molecule is Cc1ccc2c(c1)C1=CC(N(c3ccccc3)c3ccc(-c4nc5ccccc5nc4-c4ccc(N(c5ccccc5)c5ccc6c(c5)c5cc(C)ccc5n6-c5ccccc5)cc4)cc3)=CCC1N2c1ccccc1. The van der Waals surface area contributed by atoms with Crippen molar-refractivity contribution in [3.63, 3.8) is 0 Å². The summed E-state index contributed by atoms with van der Waals surface area (Å²) in [5, 5.41) is 2.44. The molecule has 76 heavy (non-hydrogen) atoms. The van der Waals surface area contributed by atoms with Crippen molar-refractivity contribution in [2.75, 3.05) is 14.7 Å². The Kier molecular flexibility index (Phi) is 11.0. The summed E-state index contributed by atoms with van der Waals surface area (Å²) < 4.78 is 2.38. The van der Waals surface area contributed by atoms with Gasteiger partial charge in [-0.2, -0.15) is 0 Å². The molecule has 12 aromatic rings. The molecule has 0 spiro atoms. The average molecular weight is 977 g/mol. The van der Waals surface area contributed by atoms with Gasteiger partial charge in [0.25, 0.3) is 0 Å². The van der Waals surface area contributed by atoms with Crippen molar-refractivity contribution in [3.8, 4) is 28.2 Å². The molecule has 2 aromatic heterocycles. The second-order valence-electron chi connectivity index (χ2n) is 19.9. The van der Waals surface area contributed by atoms with Crippen LogP contribution in [0.4, 0.5) is 39.8 Å². The third-order valence-electron chi connectivity index (χ3n) is 15.1. The maximum absolute atomic E-state index is 5.36. The van der Waals surface area contributed by atoms with Crippen molar-refractivity contribution < 1.29 is 0 Å². The van der Waals surface area contributed by atoms with E-state index >= 15 is 0 Å². The molecule has 0 saturated carbocycles. The number of rotatable bonds is 10. The molecule has 0 saturated heterocycles. The van der Waals surface area contributed by atoms with Crippen LogP contribution in [0.1, 0.15) is 23.1 Å². The summed E-state index contributed by atoms with van der Waals surface area (Å²) in [6.45, 7) is 4.36. The smallest absolute Gasteiger partial charge is 0.0973 e. The normalized spacial score (nSPS) is 13.9. The highest BCUT2D eigenvalue weighted by atomic mass is 15.2. The van der Waals surface area contributed by atoms with Gasteiger partial charge < -0.3 is 19.3 Å². The van der Waals surface area contributed by atoms with Crippen LogP contribution in [0.5, 0.6) is 0 Å². The Bertz CT molecular complexity index is 4200.